The normalized spacial score (nSPS) is 26.9. The van der Waals surface area contributed by atoms with Gasteiger partial charge in [-0.05, 0) is 36.6 Å². The Bertz CT molecular complexity index is 356. The largest absolute Gasteiger partial charge is 0.298 e. The van der Waals surface area contributed by atoms with Crippen LogP contribution in [0.2, 0.25) is 0 Å². The summed E-state index contributed by atoms with van der Waals surface area (Å²) in [6.07, 6.45) is 1.21. The van der Waals surface area contributed by atoms with E-state index in [9.17, 15) is 0 Å². The molecule has 2 unspecified atom stereocenters. The fourth-order valence-corrected chi connectivity index (χ4v) is 2.89. The molecule has 0 aliphatic carbocycles. The highest BCUT2D eigenvalue weighted by Crippen LogP contribution is 2.23. The molecule has 1 nitrogen and oxygen atoms in total. The van der Waals surface area contributed by atoms with Crippen molar-refractivity contribution in [1.29, 1.82) is 0 Å². The van der Waals surface area contributed by atoms with E-state index in [0.29, 0.717) is 11.3 Å². The molecule has 1 fully saturated rings. The van der Waals surface area contributed by atoms with Gasteiger partial charge in [0, 0.05) is 22.9 Å². The molecule has 1 aliphatic rings. The third-order valence-electron chi connectivity index (χ3n) is 3.25. The van der Waals surface area contributed by atoms with Crippen molar-refractivity contribution in [2.24, 2.45) is 5.92 Å². The van der Waals surface area contributed by atoms with E-state index in [4.69, 9.17) is 11.6 Å². The van der Waals surface area contributed by atoms with Crippen LogP contribution in [-0.2, 0) is 6.54 Å². The minimum Gasteiger partial charge on any atom is -0.298 e. The van der Waals surface area contributed by atoms with Gasteiger partial charge in [0.15, 0.2) is 0 Å². The second-order valence-electron chi connectivity index (χ2n) is 4.65. The molecule has 1 aromatic rings. The Morgan fingerprint density at radius 2 is 2.31 bits per heavy atom. The van der Waals surface area contributed by atoms with Crippen LogP contribution in [0.15, 0.2) is 28.7 Å². The van der Waals surface area contributed by atoms with Gasteiger partial charge in [-0.3, -0.25) is 4.90 Å². The molecule has 0 N–H and O–H groups in total. The lowest BCUT2D eigenvalue weighted by atomic mass is 9.98. The van der Waals surface area contributed by atoms with E-state index in [0.717, 1.165) is 24.1 Å². The van der Waals surface area contributed by atoms with Gasteiger partial charge in [-0.15, -0.1) is 11.6 Å². The molecule has 0 amide bonds. The summed E-state index contributed by atoms with van der Waals surface area (Å²) in [5.74, 6) is 0.653. The molecule has 88 valence electrons. The molecule has 16 heavy (non-hydrogen) atoms. The minimum absolute atomic E-state index is 0.306. The van der Waals surface area contributed by atoms with E-state index in [1.807, 2.05) is 0 Å². The van der Waals surface area contributed by atoms with Crippen LogP contribution in [0.5, 0.6) is 0 Å². The van der Waals surface area contributed by atoms with Crippen molar-refractivity contribution in [1.82, 2.24) is 4.90 Å². The van der Waals surface area contributed by atoms with Crippen LogP contribution in [0.3, 0.4) is 0 Å². The maximum Gasteiger partial charge on any atom is 0.0489 e. The molecule has 0 spiro atoms. The van der Waals surface area contributed by atoms with Gasteiger partial charge in [0.05, 0.1) is 0 Å². The summed E-state index contributed by atoms with van der Waals surface area (Å²) in [5, 5.41) is 0.306. The maximum absolute atomic E-state index is 6.31. The smallest absolute Gasteiger partial charge is 0.0489 e. The third kappa shape index (κ3) is 3.22. The van der Waals surface area contributed by atoms with Crippen molar-refractivity contribution in [2.45, 2.75) is 25.3 Å². The minimum atomic E-state index is 0.306. The lowest BCUT2D eigenvalue weighted by Crippen LogP contribution is -2.39. The zero-order valence-corrected chi connectivity index (χ0v) is 11.8. The molecule has 1 aliphatic heterocycles. The molecule has 2 rings (SSSR count). The predicted octanol–water partition coefficient (Wildman–Crippen LogP) is 3.90. The molecule has 2 atom stereocenters. The SMILES string of the molecule is CC1CCN(Cc2cccc(Br)c2)CC1Cl. The van der Waals surface area contributed by atoms with Crippen molar-refractivity contribution in [3.05, 3.63) is 34.3 Å². The molecule has 0 bridgehead atoms. The van der Waals surface area contributed by atoms with Gasteiger partial charge in [0.2, 0.25) is 0 Å². The highest BCUT2D eigenvalue weighted by molar-refractivity contribution is 9.10. The molecular weight excluding hydrogens is 286 g/mol. The van der Waals surface area contributed by atoms with Gasteiger partial charge in [0.25, 0.3) is 0 Å². The van der Waals surface area contributed by atoms with Crippen LogP contribution >= 0.6 is 27.5 Å². The third-order valence-corrected chi connectivity index (χ3v) is 4.31. The average Bonchev–Trinajstić information content (AvgIpc) is 2.24. The van der Waals surface area contributed by atoms with E-state index in [1.165, 1.54) is 12.0 Å². The van der Waals surface area contributed by atoms with Crippen molar-refractivity contribution >= 4 is 27.5 Å². The monoisotopic (exact) mass is 301 g/mol. The average molecular weight is 303 g/mol. The highest BCUT2D eigenvalue weighted by atomic mass is 79.9. The Morgan fingerprint density at radius 1 is 1.50 bits per heavy atom. The number of hydrogen-bond acceptors (Lipinski definition) is 1. The van der Waals surface area contributed by atoms with Crippen molar-refractivity contribution in [2.75, 3.05) is 13.1 Å². The summed E-state index contributed by atoms with van der Waals surface area (Å²) in [4.78, 5) is 2.44. The standard InChI is InChI=1S/C13H17BrClN/c1-10-5-6-16(9-13(10)15)8-11-3-2-4-12(14)7-11/h2-4,7,10,13H,5-6,8-9H2,1H3. The molecule has 0 radical (unpaired) electrons. The van der Waals surface area contributed by atoms with Gasteiger partial charge in [0.1, 0.15) is 0 Å². The summed E-state index contributed by atoms with van der Waals surface area (Å²) in [6, 6.07) is 8.50. The molecule has 1 heterocycles. The summed E-state index contributed by atoms with van der Waals surface area (Å²) in [6.45, 7) is 5.43. The van der Waals surface area contributed by atoms with E-state index >= 15 is 0 Å². The van der Waals surface area contributed by atoms with Crippen LogP contribution in [-0.4, -0.2) is 23.4 Å². The number of likely N-dealkylation sites (tertiary alicyclic amines) is 1. The van der Waals surface area contributed by atoms with Crippen molar-refractivity contribution in [3.8, 4) is 0 Å². The topological polar surface area (TPSA) is 3.24 Å². The van der Waals surface area contributed by atoms with Crippen LogP contribution in [0.25, 0.3) is 0 Å². The predicted molar refractivity (Wildman–Crippen MR) is 72.8 cm³/mol. The zero-order valence-electron chi connectivity index (χ0n) is 9.50. The molecule has 0 saturated carbocycles. The number of hydrogen-bond donors (Lipinski definition) is 0. The molecule has 3 heteroatoms. The number of halogens is 2. The second-order valence-corrected chi connectivity index (χ2v) is 6.12. The Morgan fingerprint density at radius 3 is 3.00 bits per heavy atom. The number of benzene rings is 1. The van der Waals surface area contributed by atoms with E-state index < -0.39 is 0 Å². The number of piperidine rings is 1. The summed E-state index contributed by atoms with van der Waals surface area (Å²) in [5.41, 5.74) is 1.35. The first-order valence-electron chi connectivity index (χ1n) is 5.76. The molecule has 0 aromatic heterocycles. The first-order chi connectivity index (χ1) is 7.65. The van der Waals surface area contributed by atoms with Gasteiger partial charge in [-0.25, -0.2) is 0 Å². The first kappa shape index (κ1) is 12.4. The van der Waals surface area contributed by atoms with E-state index in [2.05, 4.69) is 52.0 Å². The zero-order chi connectivity index (χ0) is 11.5. The lowest BCUT2D eigenvalue weighted by Gasteiger charge is -2.33. The van der Waals surface area contributed by atoms with Gasteiger partial charge in [-0.1, -0.05) is 35.0 Å². The van der Waals surface area contributed by atoms with E-state index in [1.54, 1.807) is 0 Å². The van der Waals surface area contributed by atoms with E-state index in [-0.39, 0.29) is 0 Å². The van der Waals surface area contributed by atoms with Crippen molar-refractivity contribution in [3.63, 3.8) is 0 Å². The van der Waals surface area contributed by atoms with Gasteiger partial charge in [-0.2, -0.15) is 0 Å². The number of nitrogens with zero attached hydrogens (tertiary/aromatic N) is 1. The molecule has 1 saturated heterocycles. The van der Waals surface area contributed by atoms with Crippen LogP contribution in [0.1, 0.15) is 18.9 Å². The Labute approximate surface area is 111 Å². The number of alkyl halides is 1. The Hall–Kier alpha value is -0.0500. The second kappa shape index (κ2) is 5.52. The quantitative estimate of drug-likeness (QED) is 0.749. The summed E-state index contributed by atoms with van der Waals surface area (Å²) < 4.78 is 1.15. The maximum atomic E-state index is 6.31. The Balaban J connectivity index is 1.95. The van der Waals surface area contributed by atoms with Gasteiger partial charge < -0.3 is 0 Å². The van der Waals surface area contributed by atoms with Crippen molar-refractivity contribution < 1.29 is 0 Å². The lowest BCUT2D eigenvalue weighted by molar-refractivity contribution is 0.189. The molecule has 1 aromatic carbocycles. The first-order valence-corrected chi connectivity index (χ1v) is 6.99. The van der Waals surface area contributed by atoms with Crippen LogP contribution in [0, 0.1) is 5.92 Å². The number of rotatable bonds is 2. The summed E-state index contributed by atoms with van der Waals surface area (Å²) in [7, 11) is 0. The van der Waals surface area contributed by atoms with Gasteiger partial charge >= 0.3 is 0 Å². The van der Waals surface area contributed by atoms with Crippen LogP contribution < -0.4 is 0 Å². The Kier molecular flexibility index (Phi) is 4.28. The van der Waals surface area contributed by atoms with Crippen LogP contribution in [0.4, 0.5) is 0 Å². The fraction of sp³-hybridized carbons (Fsp3) is 0.538. The fourth-order valence-electron chi connectivity index (χ4n) is 2.12. The molecular formula is C13H17BrClN. The highest BCUT2D eigenvalue weighted by Gasteiger charge is 2.24. The summed E-state index contributed by atoms with van der Waals surface area (Å²) >= 11 is 9.81.